The van der Waals surface area contributed by atoms with Crippen LogP contribution in [0.5, 0.6) is 5.75 Å². The smallest absolute Gasteiger partial charge is 0.320 e. The van der Waals surface area contributed by atoms with Gasteiger partial charge in [0, 0.05) is 16.4 Å². The number of aromatic amines is 1. The fourth-order valence-corrected chi connectivity index (χ4v) is 5.44. The number of phenols is 1. The first-order chi connectivity index (χ1) is 12.0. The van der Waals surface area contributed by atoms with Gasteiger partial charge in [0.25, 0.3) is 0 Å². The molecule has 0 saturated carbocycles. The normalized spacial score (nSPS) is 22.1. The molecular weight excluding hydrogens is 366 g/mol. The average molecular weight is 381 g/mol. The number of thioether (sulfide) groups is 1. The van der Waals surface area contributed by atoms with Crippen LogP contribution in [-0.2, 0) is 19.1 Å². The number of rotatable bonds is 3. The lowest BCUT2D eigenvalue weighted by molar-refractivity contribution is -0.151. The number of aromatic nitrogens is 1. The van der Waals surface area contributed by atoms with Gasteiger partial charge in [0.1, 0.15) is 11.0 Å². The second-order valence-corrected chi connectivity index (χ2v) is 7.52. The predicted molar refractivity (Wildman–Crippen MR) is 92.1 cm³/mol. The Labute approximate surface area is 151 Å². The summed E-state index contributed by atoms with van der Waals surface area (Å²) in [6.45, 7) is 0. The van der Waals surface area contributed by atoms with Gasteiger partial charge in [-0.3, -0.25) is 14.4 Å². The molecule has 25 heavy (non-hydrogen) atoms. The number of fused-ring (bicyclic) bond motifs is 1. The van der Waals surface area contributed by atoms with Gasteiger partial charge in [0.15, 0.2) is 0 Å². The summed E-state index contributed by atoms with van der Waals surface area (Å²) in [5, 5.41) is 9.89. The van der Waals surface area contributed by atoms with E-state index < -0.39 is 29.0 Å². The van der Waals surface area contributed by atoms with E-state index in [0.29, 0.717) is 15.5 Å². The van der Waals surface area contributed by atoms with Gasteiger partial charge in [0.2, 0.25) is 0 Å². The van der Waals surface area contributed by atoms with Crippen LogP contribution in [0.15, 0.2) is 34.1 Å². The summed E-state index contributed by atoms with van der Waals surface area (Å²) >= 11 is 2.02. The van der Waals surface area contributed by atoms with Gasteiger partial charge in [-0.05, 0) is 6.07 Å². The van der Waals surface area contributed by atoms with Gasteiger partial charge < -0.3 is 19.6 Å². The number of ether oxygens (including phenoxy) is 2. The molecule has 7 nitrogen and oxygen atoms in total. The van der Waals surface area contributed by atoms with E-state index in [1.807, 2.05) is 0 Å². The number of H-pyrrole nitrogens is 1. The van der Waals surface area contributed by atoms with Gasteiger partial charge >= 0.3 is 16.8 Å². The van der Waals surface area contributed by atoms with E-state index >= 15 is 0 Å². The van der Waals surface area contributed by atoms with Crippen LogP contribution in [0.1, 0.15) is 16.4 Å². The highest BCUT2D eigenvalue weighted by atomic mass is 32.2. The predicted octanol–water partition coefficient (Wildman–Crippen LogP) is 1.71. The average Bonchev–Trinajstić information content (AvgIpc) is 2.99. The van der Waals surface area contributed by atoms with Gasteiger partial charge in [-0.15, -0.1) is 0 Å². The van der Waals surface area contributed by atoms with Gasteiger partial charge in [0.05, 0.1) is 25.2 Å². The molecule has 0 aliphatic carbocycles. The fraction of sp³-hybridized carbons (Fsp3) is 0.312. The number of para-hydroxylation sites is 1. The molecule has 3 atom stereocenters. The Morgan fingerprint density at radius 2 is 1.84 bits per heavy atom. The largest absolute Gasteiger partial charge is 0.508 e. The minimum Gasteiger partial charge on any atom is -0.508 e. The molecule has 9 heteroatoms. The van der Waals surface area contributed by atoms with Crippen LogP contribution < -0.4 is 4.87 Å². The van der Waals surface area contributed by atoms with E-state index in [2.05, 4.69) is 4.98 Å². The standard InChI is InChI=1S/C16H15NO6S2/c1-22-14(19)10-9(7-5-3-4-6-8(7)18)11-13(17-16(21)25-11)24-12(10)15(20)23-2/h3-6,9-10,12,18H,1-2H3,(H,17,21)/t9-,10-,12+/m1/s1. The molecule has 2 heterocycles. The molecule has 2 N–H and O–H groups in total. The second kappa shape index (κ2) is 6.93. The van der Waals surface area contributed by atoms with E-state index in [-0.39, 0.29) is 10.6 Å². The minimum absolute atomic E-state index is 0.0243. The zero-order valence-electron chi connectivity index (χ0n) is 13.3. The summed E-state index contributed by atoms with van der Waals surface area (Å²) in [4.78, 5) is 39.6. The van der Waals surface area contributed by atoms with Crippen molar-refractivity contribution < 1.29 is 24.2 Å². The first-order valence-electron chi connectivity index (χ1n) is 7.31. The number of benzene rings is 1. The number of nitrogens with one attached hydrogen (secondary N) is 1. The van der Waals surface area contributed by atoms with Crippen LogP contribution in [0.25, 0.3) is 0 Å². The third kappa shape index (κ3) is 3.05. The maximum Gasteiger partial charge on any atom is 0.320 e. The van der Waals surface area contributed by atoms with Crippen molar-refractivity contribution in [2.75, 3.05) is 14.2 Å². The number of carbonyl (C=O) groups is 2. The maximum atomic E-state index is 12.5. The number of thiazole rings is 1. The van der Waals surface area contributed by atoms with E-state index in [1.54, 1.807) is 18.2 Å². The van der Waals surface area contributed by atoms with Gasteiger partial charge in [-0.1, -0.05) is 41.3 Å². The third-order valence-corrected chi connectivity index (χ3v) is 6.43. The maximum absolute atomic E-state index is 12.5. The molecule has 0 saturated heterocycles. The first kappa shape index (κ1) is 17.6. The van der Waals surface area contributed by atoms with Gasteiger partial charge in [-0.2, -0.15) is 0 Å². The molecule has 2 aromatic rings. The van der Waals surface area contributed by atoms with Crippen LogP contribution in [-0.4, -0.2) is 41.5 Å². The number of carbonyl (C=O) groups excluding carboxylic acids is 2. The Morgan fingerprint density at radius 3 is 2.48 bits per heavy atom. The molecule has 3 rings (SSSR count). The highest BCUT2D eigenvalue weighted by Crippen LogP contribution is 2.51. The second-order valence-electron chi connectivity index (χ2n) is 5.35. The molecule has 0 amide bonds. The molecule has 1 aromatic carbocycles. The molecule has 0 fully saturated rings. The number of aromatic hydroxyl groups is 1. The van der Waals surface area contributed by atoms with Crippen molar-refractivity contribution in [3.8, 4) is 5.75 Å². The lowest BCUT2D eigenvalue weighted by Crippen LogP contribution is -2.40. The minimum atomic E-state index is -0.935. The van der Waals surface area contributed by atoms with Crippen LogP contribution >= 0.6 is 23.1 Å². The molecule has 1 aromatic heterocycles. The Balaban J connectivity index is 2.24. The fourth-order valence-electron chi connectivity index (χ4n) is 2.95. The Morgan fingerprint density at radius 1 is 1.16 bits per heavy atom. The van der Waals surface area contributed by atoms with Crippen molar-refractivity contribution in [3.05, 3.63) is 44.4 Å². The lowest BCUT2D eigenvalue weighted by Gasteiger charge is -2.34. The summed E-state index contributed by atoms with van der Waals surface area (Å²) < 4.78 is 9.73. The van der Waals surface area contributed by atoms with Crippen molar-refractivity contribution in [1.29, 1.82) is 0 Å². The molecule has 1 aliphatic heterocycles. The van der Waals surface area contributed by atoms with E-state index in [1.165, 1.54) is 20.3 Å². The molecule has 0 radical (unpaired) electrons. The van der Waals surface area contributed by atoms with E-state index in [9.17, 15) is 19.5 Å². The molecule has 132 valence electrons. The van der Waals surface area contributed by atoms with Crippen LogP contribution in [0.4, 0.5) is 0 Å². The summed E-state index contributed by atoms with van der Waals surface area (Å²) in [6, 6.07) is 6.52. The van der Waals surface area contributed by atoms with Crippen molar-refractivity contribution >= 4 is 35.0 Å². The van der Waals surface area contributed by atoms with Crippen molar-refractivity contribution in [3.63, 3.8) is 0 Å². The van der Waals surface area contributed by atoms with Gasteiger partial charge in [-0.25, -0.2) is 0 Å². The van der Waals surface area contributed by atoms with Crippen LogP contribution in [0.2, 0.25) is 0 Å². The summed E-state index contributed by atoms with van der Waals surface area (Å²) in [7, 11) is 2.47. The SMILES string of the molecule is COC(=O)[C@@H]1[C@@H](c2ccccc2O)c2sc(=O)[nH]c2S[C@@H]1C(=O)OC. The number of hydrogen-bond acceptors (Lipinski definition) is 8. The number of hydrogen-bond donors (Lipinski definition) is 2. The van der Waals surface area contributed by atoms with Crippen molar-refractivity contribution in [2.45, 2.75) is 16.2 Å². The van der Waals surface area contributed by atoms with Crippen LogP contribution in [0.3, 0.4) is 0 Å². The number of methoxy groups -OCH3 is 2. The zero-order valence-corrected chi connectivity index (χ0v) is 15.0. The molecule has 0 unspecified atom stereocenters. The molecule has 0 spiro atoms. The Bertz CT molecular complexity index is 874. The monoisotopic (exact) mass is 381 g/mol. The summed E-state index contributed by atoms with van der Waals surface area (Å²) in [6.07, 6.45) is 0. The Hall–Kier alpha value is -2.26. The highest BCUT2D eigenvalue weighted by molar-refractivity contribution is 8.00. The highest BCUT2D eigenvalue weighted by Gasteiger charge is 2.49. The summed E-state index contributed by atoms with van der Waals surface area (Å²) in [5.41, 5.74) is 0.448. The van der Waals surface area contributed by atoms with Crippen molar-refractivity contribution in [1.82, 2.24) is 4.98 Å². The Kier molecular flexibility index (Phi) is 4.87. The molecule has 0 bridgehead atoms. The number of phenolic OH excluding ortho intramolecular Hbond substituents is 1. The zero-order chi connectivity index (χ0) is 18.1. The molecule has 1 aliphatic rings. The summed E-state index contributed by atoms with van der Waals surface area (Å²) in [5.74, 6) is -2.86. The third-order valence-electron chi connectivity index (χ3n) is 4.03. The quantitative estimate of drug-likeness (QED) is 0.780. The van der Waals surface area contributed by atoms with Crippen LogP contribution in [0, 0.1) is 5.92 Å². The first-order valence-corrected chi connectivity index (χ1v) is 9.00. The van der Waals surface area contributed by atoms with E-state index in [4.69, 9.17) is 9.47 Å². The topological polar surface area (TPSA) is 106 Å². The molecular formula is C16H15NO6S2. The number of esters is 2. The lowest BCUT2D eigenvalue weighted by atomic mass is 9.81. The van der Waals surface area contributed by atoms with E-state index in [0.717, 1.165) is 23.1 Å². The van der Waals surface area contributed by atoms with Crippen molar-refractivity contribution in [2.24, 2.45) is 5.92 Å².